The predicted molar refractivity (Wildman–Crippen MR) is 191 cm³/mol. The van der Waals surface area contributed by atoms with Crippen molar-refractivity contribution < 1.29 is 0 Å². The fraction of sp³-hybridized carbons (Fsp3) is 0.238. The van der Waals surface area contributed by atoms with Gasteiger partial charge in [0.1, 0.15) is 0 Å². The first-order valence-electron chi connectivity index (χ1n) is 16.3. The van der Waals surface area contributed by atoms with Gasteiger partial charge in [0.2, 0.25) is 0 Å². The molecule has 5 heteroatoms. The summed E-state index contributed by atoms with van der Waals surface area (Å²) < 4.78 is 0. The molecular formula is C42H39N5. The van der Waals surface area contributed by atoms with Crippen LogP contribution < -0.4 is 4.90 Å². The number of aromatic nitrogens is 3. The Hall–Kier alpha value is -5.34. The molecule has 2 atom stereocenters. The fourth-order valence-electron chi connectivity index (χ4n) is 6.57. The molecule has 4 aromatic carbocycles. The second kappa shape index (κ2) is 11.5. The van der Waals surface area contributed by atoms with E-state index in [0.29, 0.717) is 23.0 Å². The van der Waals surface area contributed by atoms with Crippen LogP contribution in [0.5, 0.6) is 0 Å². The van der Waals surface area contributed by atoms with Crippen molar-refractivity contribution in [2.75, 3.05) is 4.90 Å². The minimum atomic E-state index is 0.0190. The maximum Gasteiger partial charge on any atom is 0.166 e. The van der Waals surface area contributed by atoms with Crippen molar-refractivity contribution in [3.8, 4) is 40.2 Å². The molecule has 0 amide bonds. The van der Waals surface area contributed by atoms with Crippen LogP contribution in [-0.2, 0) is 5.41 Å². The van der Waals surface area contributed by atoms with Gasteiger partial charge in [0, 0.05) is 28.3 Å². The SMILES string of the molecule is CC(C)(C)C1=CC2c3cc(C(C)(C)C)ccc3N(c3ccc(C#N)cc3-c3nc(-c4ccccc4)nc(-c4ccccc4)n3)C2C=C1. The fourth-order valence-corrected chi connectivity index (χ4v) is 6.57. The van der Waals surface area contributed by atoms with Gasteiger partial charge in [-0.05, 0) is 51.8 Å². The molecule has 5 nitrogen and oxygen atoms in total. The summed E-state index contributed by atoms with van der Waals surface area (Å²) in [5.74, 6) is 1.89. The van der Waals surface area contributed by atoms with E-state index < -0.39 is 0 Å². The van der Waals surface area contributed by atoms with E-state index in [1.807, 2.05) is 72.8 Å². The molecule has 1 aromatic heterocycles. The third-order valence-corrected chi connectivity index (χ3v) is 9.20. The Labute approximate surface area is 278 Å². The van der Waals surface area contributed by atoms with E-state index >= 15 is 0 Å². The molecule has 0 spiro atoms. The van der Waals surface area contributed by atoms with Crippen molar-refractivity contribution in [3.63, 3.8) is 0 Å². The summed E-state index contributed by atoms with van der Waals surface area (Å²) >= 11 is 0. The highest BCUT2D eigenvalue weighted by Gasteiger charge is 2.41. The Morgan fingerprint density at radius 1 is 0.660 bits per heavy atom. The smallest absolute Gasteiger partial charge is 0.166 e. The molecule has 2 heterocycles. The summed E-state index contributed by atoms with van der Waals surface area (Å²) in [6.45, 7) is 13.6. The third kappa shape index (κ3) is 5.66. The van der Waals surface area contributed by atoms with Gasteiger partial charge in [-0.1, -0.05) is 133 Å². The molecule has 232 valence electrons. The Kier molecular flexibility index (Phi) is 7.40. The molecule has 1 aliphatic carbocycles. The summed E-state index contributed by atoms with van der Waals surface area (Å²) in [5.41, 5.74) is 9.30. The maximum absolute atomic E-state index is 10.1. The molecule has 7 rings (SSSR count). The van der Waals surface area contributed by atoms with E-state index in [0.717, 1.165) is 28.1 Å². The number of benzene rings is 4. The lowest BCUT2D eigenvalue weighted by Crippen LogP contribution is -2.30. The van der Waals surface area contributed by atoms with Gasteiger partial charge in [-0.3, -0.25) is 0 Å². The first-order valence-corrected chi connectivity index (χ1v) is 16.3. The summed E-state index contributed by atoms with van der Waals surface area (Å²) in [6.07, 6.45) is 7.10. The van der Waals surface area contributed by atoms with E-state index in [1.54, 1.807) is 0 Å². The van der Waals surface area contributed by atoms with Crippen LogP contribution in [0.25, 0.3) is 34.2 Å². The van der Waals surface area contributed by atoms with E-state index in [2.05, 4.69) is 95.0 Å². The first-order chi connectivity index (χ1) is 22.5. The molecule has 0 bridgehead atoms. The van der Waals surface area contributed by atoms with Crippen LogP contribution >= 0.6 is 0 Å². The molecule has 0 fully saturated rings. The van der Waals surface area contributed by atoms with Gasteiger partial charge in [-0.2, -0.15) is 5.26 Å². The zero-order valence-corrected chi connectivity index (χ0v) is 27.9. The predicted octanol–water partition coefficient (Wildman–Crippen LogP) is 10.2. The summed E-state index contributed by atoms with van der Waals surface area (Å²) in [5, 5.41) is 10.1. The minimum absolute atomic E-state index is 0.0190. The van der Waals surface area contributed by atoms with Gasteiger partial charge in [-0.15, -0.1) is 0 Å². The maximum atomic E-state index is 10.1. The quantitative estimate of drug-likeness (QED) is 0.202. The lowest BCUT2D eigenvalue weighted by molar-refractivity contribution is 0.507. The molecule has 0 N–H and O–H groups in total. The molecule has 1 aliphatic heterocycles. The topological polar surface area (TPSA) is 65.7 Å². The zero-order valence-electron chi connectivity index (χ0n) is 27.9. The van der Waals surface area contributed by atoms with Crippen LogP contribution in [-0.4, -0.2) is 21.0 Å². The largest absolute Gasteiger partial charge is 0.333 e. The van der Waals surface area contributed by atoms with Gasteiger partial charge in [0.25, 0.3) is 0 Å². The number of nitriles is 1. The monoisotopic (exact) mass is 613 g/mol. The number of hydrogen-bond donors (Lipinski definition) is 0. The van der Waals surface area contributed by atoms with Crippen molar-refractivity contribution in [3.05, 3.63) is 138 Å². The highest BCUT2D eigenvalue weighted by molar-refractivity contribution is 5.86. The van der Waals surface area contributed by atoms with Crippen molar-refractivity contribution >= 4 is 11.4 Å². The number of rotatable bonds is 4. The molecular weight excluding hydrogens is 574 g/mol. The normalized spacial score (nSPS) is 17.1. The molecule has 47 heavy (non-hydrogen) atoms. The molecule has 0 saturated carbocycles. The van der Waals surface area contributed by atoms with Crippen LogP contribution in [0.1, 0.15) is 64.2 Å². The van der Waals surface area contributed by atoms with E-state index in [1.165, 1.54) is 16.7 Å². The van der Waals surface area contributed by atoms with E-state index in [-0.39, 0.29) is 22.8 Å². The number of fused-ring (bicyclic) bond motifs is 3. The van der Waals surface area contributed by atoms with E-state index in [9.17, 15) is 5.26 Å². The minimum Gasteiger partial charge on any atom is -0.333 e. The Bertz CT molecular complexity index is 2010. The van der Waals surface area contributed by atoms with Crippen LogP contribution in [0.4, 0.5) is 11.4 Å². The van der Waals surface area contributed by atoms with Crippen molar-refractivity contribution in [1.29, 1.82) is 5.26 Å². The molecule has 5 aromatic rings. The first kappa shape index (κ1) is 30.3. The van der Waals surface area contributed by atoms with Crippen molar-refractivity contribution in [1.82, 2.24) is 15.0 Å². The standard InChI is InChI=1S/C42H39N5/c1-41(2,3)30-18-21-35-32(24-30)33-25-31(42(4,5)6)19-22-36(33)47(35)37-20-17-27(26-43)23-34(37)40-45-38(28-13-9-7-10-14-28)44-39(46-40)29-15-11-8-12-16-29/h7-25,32,35H,1-6H3. The molecule has 0 radical (unpaired) electrons. The lowest BCUT2D eigenvalue weighted by Gasteiger charge is -2.33. The molecule has 2 unspecified atom stereocenters. The number of hydrogen-bond acceptors (Lipinski definition) is 5. The second-order valence-electron chi connectivity index (χ2n) is 14.5. The second-order valence-corrected chi connectivity index (χ2v) is 14.5. The average molecular weight is 614 g/mol. The third-order valence-electron chi connectivity index (χ3n) is 9.20. The van der Waals surface area contributed by atoms with Crippen molar-refractivity contribution in [2.24, 2.45) is 5.41 Å². The Balaban J connectivity index is 1.46. The van der Waals surface area contributed by atoms with Crippen molar-refractivity contribution in [2.45, 2.75) is 58.9 Å². The Morgan fingerprint density at radius 2 is 1.26 bits per heavy atom. The van der Waals surface area contributed by atoms with Crippen LogP contribution in [0.2, 0.25) is 0 Å². The number of anilines is 2. The summed E-state index contributed by atoms with van der Waals surface area (Å²) in [7, 11) is 0. The van der Waals surface area contributed by atoms with Gasteiger partial charge in [0.05, 0.1) is 23.4 Å². The van der Waals surface area contributed by atoms with Crippen LogP contribution in [0.3, 0.4) is 0 Å². The lowest BCUT2D eigenvalue weighted by atomic mass is 9.77. The van der Waals surface area contributed by atoms with Crippen LogP contribution in [0, 0.1) is 16.7 Å². The Morgan fingerprint density at radius 3 is 1.83 bits per heavy atom. The summed E-state index contributed by atoms with van der Waals surface area (Å²) in [4.78, 5) is 17.5. The highest BCUT2D eigenvalue weighted by atomic mass is 15.2. The summed E-state index contributed by atoms with van der Waals surface area (Å²) in [6, 6.07) is 35.2. The zero-order chi connectivity index (χ0) is 32.9. The van der Waals surface area contributed by atoms with E-state index in [4.69, 9.17) is 15.0 Å². The highest BCUT2D eigenvalue weighted by Crippen LogP contribution is 2.52. The molecule has 2 aliphatic rings. The number of allylic oxidation sites excluding steroid dienone is 2. The number of nitrogens with zero attached hydrogens (tertiary/aromatic N) is 5. The van der Waals surface area contributed by atoms with Gasteiger partial charge in [-0.25, -0.2) is 15.0 Å². The van der Waals surface area contributed by atoms with Gasteiger partial charge < -0.3 is 4.90 Å². The van der Waals surface area contributed by atoms with Gasteiger partial charge >= 0.3 is 0 Å². The molecule has 0 saturated heterocycles. The van der Waals surface area contributed by atoms with Gasteiger partial charge in [0.15, 0.2) is 17.5 Å². The van der Waals surface area contributed by atoms with Crippen LogP contribution in [0.15, 0.2) is 121 Å². The average Bonchev–Trinajstić information content (AvgIpc) is 3.41.